The van der Waals surface area contributed by atoms with Crippen LogP contribution in [0.25, 0.3) is 0 Å². The number of nitrogens with one attached hydrogen (secondary N) is 1. The Hall–Kier alpha value is -1.30. The van der Waals surface area contributed by atoms with Crippen molar-refractivity contribution in [2.24, 2.45) is 0 Å². The van der Waals surface area contributed by atoms with E-state index in [1.807, 2.05) is 19.9 Å². The van der Waals surface area contributed by atoms with Crippen LogP contribution in [-0.2, 0) is 6.54 Å². The van der Waals surface area contributed by atoms with Crippen LogP contribution in [0.5, 0.6) is 0 Å². The second-order valence-corrected chi connectivity index (χ2v) is 4.70. The van der Waals surface area contributed by atoms with E-state index < -0.39 is 12.7 Å². The van der Waals surface area contributed by atoms with Gasteiger partial charge in [-0.1, -0.05) is 19.9 Å². The number of rotatable bonds is 8. The quantitative estimate of drug-likeness (QED) is 0.744. The van der Waals surface area contributed by atoms with Gasteiger partial charge in [-0.3, -0.25) is 0 Å². The third-order valence-electron chi connectivity index (χ3n) is 2.77. The SMILES string of the molecule is CCCNCc1cccnc1N(CCC)CC(F)(F)F. The maximum Gasteiger partial charge on any atom is 0.405 e. The Morgan fingerprint density at radius 1 is 1.25 bits per heavy atom. The molecular weight excluding hydrogens is 267 g/mol. The summed E-state index contributed by atoms with van der Waals surface area (Å²) < 4.78 is 38.0. The predicted octanol–water partition coefficient (Wildman–Crippen LogP) is 3.36. The minimum Gasteiger partial charge on any atom is -0.347 e. The van der Waals surface area contributed by atoms with E-state index in [2.05, 4.69) is 10.3 Å². The third kappa shape index (κ3) is 5.77. The molecule has 0 radical (unpaired) electrons. The number of nitrogens with zero attached hydrogens (tertiary/aromatic N) is 2. The molecule has 1 aromatic rings. The molecule has 0 saturated heterocycles. The second kappa shape index (κ2) is 8.09. The van der Waals surface area contributed by atoms with Crippen molar-refractivity contribution in [3.05, 3.63) is 23.9 Å². The van der Waals surface area contributed by atoms with E-state index in [1.54, 1.807) is 6.07 Å². The molecule has 20 heavy (non-hydrogen) atoms. The lowest BCUT2D eigenvalue weighted by atomic mass is 10.2. The monoisotopic (exact) mass is 289 g/mol. The lowest BCUT2D eigenvalue weighted by Gasteiger charge is -2.26. The normalized spacial score (nSPS) is 11.7. The van der Waals surface area contributed by atoms with Crippen LogP contribution in [0.1, 0.15) is 32.3 Å². The molecule has 0 bridgehead atoms. The molecular formula is C14H22F3N3. The van der Waals surface area contributed by atoms with Gasteiger partial charge in [-0.15, -0.1) is 0 Å². The van der Waals surface area contributed by atoms with E-state index in [9.17, 15) is 13.2 Å². The first kappa shape index (κ1) is 16.8. The average Bonchev–Trinajstić information content (AvgIpc) is 2.38. The van der Waals surface area contributed by atoms with E-state index in [0.29, 0.717) is 25.3 Å². The van der Waals surface area contributed by atoms with E-state index in [1.165, 1.54) is 11.1 Å². The zero-order chi connectivity index (χ0) is 15.0. The van der Waals surface area contributed by atoms with Crippen molar-refractivity contribution in [3.63, 3.8) is 0 Å². The van der Waals surface area contributed by atoms with Crippen molar-refractivity contribution in [1.82, 2.24) is 10.3 Å². The first-order valence-electron chi connectivity index (χ1n) is 6.94. The van der Waals surface area contributed by atoms with Gasteiger partial charge in [0.25, 0.3) is 0 Å². The second-order valence-electron chi connectivity index (χ2n) is 4.70. The van der Waals surface area contributed by atoms with Crippen LogP contribution in [0, 0.1) is 0 Å². The highest BCUT2D eigenvalue weighted by Crippen LogP contribution is 2.23. The van der Waals surface area contributed by atoms with E-state index in [-0.39, 0.29) is 0 Å². The molecule has 0 atom stereocenters. The summed E-state index contributed by atoms with van der Waals surface area (Å²) in [5, 5.41) is 3.20. The molecule has 1 heterocycles. The average molecular weight is 289 g/mol. The largest absolute Gasteiger partial charge is 0.405 e. The molecule has 1 N–H and O–H groups in total. The van der Waals surface area contributed by atoms with E-state index >= 15 is 0 Å². The van der Waals surface area contributed by atoms with Gasteiger partial charge in [0.2, 0.25) is 0 Å². The summed E-state index contributed by atoms with van der Waals surface area (Å²) in [4.78, 5) is 5.45. The number of hydrogen-bond acceptors (Lipinski definition) is 3. The zero-order valence-electron chi connectivity index (χ0n) is 12.0. The molecule has 0 aliphatic carbocycles. The Labute approximate surface area is 118 Å². The van der Waals surface area contributed by atoms with Crippen molar-refractivity contribution in [1.29, 1.82) is 0 Å². The maximum absolute atomic E-state index is 12.7. The number of halogens is 3. The van der Waals surface area contributed by atoms with Crippen LogP contribution in [0.3, 0.4) is 0 Å². The van der Waals surface area contributed by atoms with Crippen LogP contribution < -0.4 is 10.2 Å². The molecule has 0 aliphatic rings. The van der Waals surface area contributed by atoms with Crippen molar-refractivity contribution < 1.29 is 13.2 Å². The van der Waals surface area contributed by atoms with Gasteiger partial charge in [0.15, 0.2) is 0 Å². The fourth-order valence-corrected chi connectivity index (χ4v) is 2.00. The van der Waals surface area contributed by atoms with Crippen LogP contribution in [0.2, 0.25) is 0 Å². The summed E-state index contributed by atoms with van der Waals surface area (Å²) in [7, 11) is 0. The van der Waals surface area contributed by atoms with Crippen molar-refractivity contribution in [2.75, 3.05) is 24.5 Å². The third-order valence-corrected chi connectivity index (χ3v) is 2.77. The summed E-state index contributed by atoms with van der Waals surface area (Å²) in [6.07, 6.45) is -1.05. The highest BCUT2D eigenvalue weighted by atomic mass is 19.4. The summed E-state index contributed by atoms with van der Waals surface area (Å²) >= 11 is 0. The van der Waals surface area contributed by atoms with Gasteiger partial charge in [0.05, 0.1) is 0 Å². The van der Waals surface area contributed by atoms with Crippen LogP contribution >= 0.6 is 0 Å². The highest BCUT2D eigenvalue weighted by Gasteiger charge is 2.31. The molecule has 0 aliphatic heterocycles. The summed E-state index contributed by atoms with van der Waals surface area (Å²) in [5.74, 6) is 0.426. The minimum absolute atomic E-state index is 0.345. The fraction of sp³-hybridized carbons (Fsp3) is 0.643. The molecule has 114 valence electrons. The first-order valence-corrected chi connectivity index (χ1v) is 6.94. The predicted molar refractivity (Wildman–Crippen MR) is 74.8 cm³/mol. The number of aromatic nitrogens is 1. The van der Waals surface area contributed by atoms with Gasteiger partial charge in [-0.25, -0.2) is 4.98 Å². The first-order chi connectivity index (χ1) is 9.48. The van der Waals surface area contributed by atoms with Gasteiger partial charge in [0.1, 0.15) is 12.4 Å². The lowest BCUT2D eigenvalue weighted by Crippen LogP contribution is -2.36. The Morgan fingerprint density at radius 3 is 2.60 bits per heavy atom. The number of anilines is 1. The van der Waals surface area contributed by atoms with Crippen LogP contribution in [0.15, 0.2) is 18.3 Å². The van der Waals surface area contributed by atoms with Gasteiger partial charge in [0, 0.05) is 24.8 Å². The van der Waals surface area contributed by atoms with Crippen LogP contribution in [-0.4, -0.2) is 30.8 Å². The Morgan fingerprint density at radius 2 is 2.00 bits per heavy atom. The lowest BCUT2D eigenvalue weighted by molar-refractivity contribution is -0.119. The minimum atomic E-state index is -4.22. The standard InChI is InChI=1S/C14H22F3N3/c1-3-7-18-10-12-6-5-8-19-13(12)20(9-4-2)11-14(15,16)17/h5-6,8,18H,3-4,7,9-11H2,1-2H3. The summed E-state index contributed by atoms with van der Waals surface area (Å²) in [6, 6.07) is 3.58. The molecule has 1 aromatic heterocycles. The topological polar surface area (TPSA) is 28.2 Å². The van der Waals surface area contributed by atoms with Gasteiger partial charge in [-0.2, -0.15) is 13.2 Å². The van der Waals surface area contributed by atoms with Gasteiger partial charge < -0.3 is 10.2 Å². The molecule has 0 unspecified atom stereocenters. The van der Waals surface area contributed by atoms with Gasteiger partial charge in [-0.05, 0) is 25.5 Å². The molecule has 0 aromatic carbocycles. The molecule has 0 spiro atoms. The molecule has 0 saturated carbocycles. The van der Waals surface area contributed by atoms with Crippen molar-refractivity contribution in [3.8, 4) is 0 Å². The smallest absolute Gasteiger partial charge is 0.347 e. The van der Waals surface area contributed by atoms with E-state index in [0.717, 1.165) is 18.5 Å². The maximum atomic E-state index is 12.7. The molecule has 1 rings (SSSR count). The molecule has 3 nitrogen and oxygen atoms in total. The highest BCUT2D eigenvalue weighted by molar-refractivity contribution is 5.46. The number of pyridine rings is 1. The molecule has 6 heteroatoms. The summed E-state index contributed by atoms with van der Waals surface area (Å²) in [6.45, 7) is 4.66. The Kier molecular flexibility index (Phi) is 6.78. The number of hydrogen-bond donors (Lipinski definition) is 1. The van der Waals surface area contributed by atoms with Crippen molar-refractivity contribution in [2.45, 2.75) is 39.4 Å². The molecule has 0 fully saturated rings. The van der Waals surface area contributed by atoms with E-state index in [4.69, 9.17) is 0 Å². The van der Waals surface area contributed by atoms with Gasteiger partial charge >= 0.3 is 6.18 Å². The molecule has 0 amide bonds. The number of alkyl halides is 3. The fourth-order valence-electron chi connectivity index (χ4n) is 2.00. The zero-order valence-corrected chi connectivity index (χ0v) is 12.0. The Balaban J connectivity index is 2.88. The Bertz CT molecular complexity index is 393. The van der Waals surface area contributed by atoms with Crippen LogP contribution in [0.4, 0.5) is 19.0 Å². The van der Waals surface area contributed by atoms with Crippen molar-refractivity contribution >= 4 is 5.82 Å². The summed E-state index contributed by atoms with van der Waals surface area (Å²) in [5.41, 5.74) is 0.804.